The second-order valence-electron chi connectivity index (χ2n) is 2.53. The fourth-order valence-corrected chi connectivity index (χ4v) is 1.06. The zero-order chi connectivity index (χ0) is 10.1. The number of anilines is 1. The molecule has 0 aliphatic heterocycles. The minimum atomic E-state index is -0.509. The molecule has 0 atom stereocenters. The third kappa shape index (κ3) is 1.05. The van der Waals surface area contributed by atoms with Crippen molar-refractivity contribution in [3.8, 4) is 0 Å². The molecule has 2 heterocycles. The van der Waals surface area contributed by atoms with Crippen molar-refractivity contribution in [2.24, 2.45) is 5.84 Å². The Kier molecular flexibility index (Phi) is 1.75. The van der Waals surface area contributed by atoms with Gasteiger partial charge in [0.25, 0.3) is 11.7 Å². The van der Waals surface area contributed by atoms with E-state index in [0.29, 0.717) is 5.78 Å². The monoisotopic (exact) mass is 193 g/mol. The molecule has 0 fully saturated rings. The molecule has 0 aliphatic carbocycles. The average molecular weight is 193 g/mol. The van der Waals surface area contributed by atoms with Crippen molar-refractivity contribution in [2.75, 3.05) is 5.73 Å². The van der Waals surface area contributed by atoms with E-state index in [9.17, 15) is 4.79 Å². The highest BCUT2D eigenvalue weighted by Crippen LogP contribution is 2.10. The summed E-state index contributed by atoms with van der Waals surface area (Å²) in [6.45, 7) is 0. The van der Waals surface area contributed by atoms with Crippen LogP contribution < -0.4 is 17.0 Å². The van der Waals surface area contributed by atoms with E-state index in [-0.39, 0.29) is 11.4 Å². The fourth-order valence-electron chi connectivity index (χ4n) is 1.06. The maximum absolute atomic E-state index is 11.2. The van der Waals surface area contributed by atoms with Crippen molar-refractivity contribution in [1.82, 2.24) is 25.0 Å². The van der Waals surface area contributed by atoms with Crippen molar-refractivity contribution in [3.63, 3.8) is 0 Å². The summed E-state index contributed by atoms with van der Waals surface area (Å²) < 4.78 is 1.39. The number of nitrogens with one attached hydrogen (secondary N) is 1. The molecule has 0 unspecified atom stereocenters. The van der Waals surface area contributed by atoms with Gasteiger partial charge < -0.3 is 5.73 Å². The molecule has 1 amide bonds. The number of hydrazine groups is 1. The van der Waals surface area contributed by atoms with Crippen LogP contribution in [0.2, 0.25) is 0 Å². The van der Waals surface area contributed by atoms with Crippen molar-refractivity contribution >= 4 is 17.5 Å². The van der Waals surface area contributed by atoms with Crippen LogP contribution in [0.3, 0.4) is 0 Å². The second kappa shape index (κ2) is 2.92. The number of hydrogen-bond acceptors (Lipinski definition) is 6. The van der Waals surface area contributed by atoms with Crippen LogP contribution in [-0.4, -0.2) is 25.5 Å². The number of nitrogens with two attached hydrogens (primary N) is 2. The zero-order valence-electron chi connectivity index (χ0n) is 7.01. The highest BCUT2D eigenvalue weighted by atomic mass is 16.2. The van der Waals surface area contributed by atoms with E-state index in [1.54, 1.807) is 0 Å². The predicted octanol–water partition coefficient (Wildman–Crippen LogP) is -1.69. The summed E-state index contributed by atoms with van der Waals surface area (Å²) in [5.74, 6) is 4.99. The molecule has 2 aromatic heterocycles. The number of fused-ring (bicyclic) bond motifs is 1. The molecule has 14 heavy (non-hydrogen) atoms. The Morgan fingerprint density at radius 3 is 3.07 bits per heavy atom. The van der Waals surface area contributed by atoms with Crippen LogP contribution in [0.15, 0.2) is 12.5 Å². The van der Waals surface area contributed by atoms with Gasteiger partial charge in [0.1, 0.15) is 12.1 Å². The number of amides is 1. The molecule has 2 aromatic rings. The summed E-state index contributed by atoms with van der Waals surface area (Å²) >= 11 is 0. The van der Waals surface area contributed by atoms with E-state index in [4.69, 9.17) is 11.6 Å². The number of hydrogen-bond donors (Lipinski definition) is 3. The van der Waals surface area contributed by atoms with Gasteiger partial charge in [-0.1, -0.05) is 0 Å². The van der Waals surface area contributed by atoms with Gasteiger partial charge in [-0.05, 0) is 0 Å². The highest BCUT2D eigenvalue weighted by molar-refractivity contribution is 5.97. The summed E-state index contributed by atoms with van der Waals surface area (Å²) in [5.41, 5.74) is 7.81. The lowest BCUT2D eigenvalue weighted by molar-refractivity contribution is 0.0954. The van der Waals surface area contributed by atoms with Gasteiger partial charge in [0, 0.05) is 6.20 Å². The Bertz CT molecular complexity index is 490. The maximum atomic E-state index is 11.2. The quantitative estimate of drug-likeness (QED) is 0.282. The molecule has 0 spiro atoms. The maximum Gasteiger partial charge on any atom is 0.270 e. The molecule has 5 N–H and O–H groups in total. The molecular weight excluding hydrogens is 186 g/mol. The summed E-state index contributed by atoms with van der Waals surface area (Å²) in [6, 6.07) is 0. The second-order valence-corrected chi connectivity index (χ2v) is 2.53. The molecule has 0 radical (unpaired) electrons. The molecule has 0 bridgehead atoms. The lowest BCUT2D eigenvalue weighted by Crippen LogP contribution is -2.31. The van der Waals surface area contributed by atoms with E-state index in [1.807, 2.05) is 5.43 Å². The largest absolute Gasteiger partial charge is 0.384 e. The van der Waals surface area contributed by atoms with E-state index < -0.39 is 5.91 Å². The van der Waals surface area contributed by atoms with Gasteiger partial charge in [0.2, 0.25) is 0 Å². The van der Waals surface area contributed by atoms with Crippen molar-refractivity contribution in [2.45, 2.75) is 0 Å². The van der Waals surface area contributed by atoms with E-state index >= 15 is 0 Å². The Balaban J connectivity index is 2.67. The van der Waals surface area contributed by atoms with Gasteiger partial charge in [-0.2, -0.15) is 0 Å². The summed E-state index contributed by atoms with van der Waals surface area (Å²) in [6.07, 6.45) is 2.66. The Morgan fingerprint density at radius 2 is 2.36 bits per heavy atom. The van der Waals surface area contributed by atoms with Crippen LogP contribution >= 0.6 is 0 Å². The summed E-state index contributed by atoms with van der Waals surface area (Å²) in [7, 11) is 0. The number of carbonyl (C=O) groups is 1. The minimum Gasteiger partial charge on any atom is -0.384 e. The van der Waals surface area contributed by atoms with E-state index in [0.717, 1.165) is 0 Å². The predicted molar refractivity (Wildman–Crippen MR) is 46.8 cm³/mol. The number of aromatic nitrogens is 4. The summed E-state index contributed by atoms with van der Waals surface area (Å²) in [5, 5.41) is 7.26. The normalized spacial score (nSPS) is 10.4. The average Bonchev–Trinajstić information content (AvgIpc) is 2.66. The van der Waals surface area contributed by atoms with Crippen LogP contribution in [0.25, 0.3) is 5.78 Å². The first-order valence-electron chi connectivity index (χ1n) is 3.69. The van der Waals surface area contributed by atoms with Crippen molar-refractivity contribution < 1.29 is 4.79 Å². The van der Waals surface area contributed by atoms with Crippen LogP contribution in [0, 0.1) is 0 Å². The number of nitrogen functional groups attached to an aromatic ring is 2. The molecular formula is C6H7N7O. The van der Waals surface area contributed by atoms with E-state index in [2.05, 4.69) is 15.2 Å². The van der Waals surface area contributed by atoms with Crippen molar-refractivity contribution in [3.05, 3.63) is 18.1 Å². The van der Waals surface area contributed by atoms with Crippen LogP contribution in [0.5, 0.6) is 0 Å². The minimum absolute atomic E-state index is 0.180. The summed E-state index contributed by atoms with van der Waals surface area (Å²) in [4.78, 5) is 15.1. The first-order chi connectivity index (χ1) is 6.74. The van der Waals surface area contributed by atoms with Crippen LogP contribution in [-0.2, 0) is 0 Å². The highest BCUT2D eigenvalue weighted by Gasteiger charge is 2.12. The van der Waals surface area contributed by atoms with Crippen molar-refractivity contribution in [1.29, 1.82) is 0 Å². The van der Waals surface area contributed by atoms with Gasteiger partial charge in [-0.3, -0.25) is 14.6 Å². The lowest BCUT2D eigenvalue weighted by Gasteiger charge is -2.04. The fraction of sp³-hybridized carbons (Fsp3) is 0. The lowest BCUT2D eigenvalue weighted by atomic mass is 10.3. The van der Waals surface area contributed by atoms with Gasteiger partial charge in [-0.15, -0.1) is 10.2 Å². The first kappa shape index (κ1) is 8.38. The third-order valence-corrected chi connectivity index (χ3v) is 1.75. The van der Waals surface area contributed by atoms with Crippen LogP contribution in [0.4, 0.5) is 5.82 Å². The van der Waals surface area contributed by atoms with Gasteiger partial charge in [0.15, 0.2) is 0 Å². The van der Waals surface area contributed by atoms with Gasteiger partial charge >= 0.3 is 0 Å². The van der Waals surface area contributed by atoms with E-state index in [1.165, 1.54) is 16.9 Å². The molecule has 2 rings (SSSR count). The Morgan fingerprint density at radius 1 is 1.57 bits per heavy atom. The zero-order valence-corrected chi connectivity index (χ0v) is 7.01. The number of carbonyl (C=O) groups excluding carboxylic acids is 1. The smallest absolute Gasteiger partial charge is 0.270 e. The van der Waals surface area contributed by atoms with Crippen LogP contribution in [0.1, 0.15) is 10.4 Å². The Hall–Kier alpha value is -2.22. The number of nitrogens with zero attached hydrogens (tertiary/aromatic N) is 4. The first-order valence-corrected chi connectivity index (χ1v) is 3.69. The topological polar surface area (TPSA) is 124 Å². The molecule has 0 saturated heterocycles. The standard InChI is InChI=1S/C6H7N7O/c7-4-3(5(14)11-8)1-9-6-12-10-2-13(4)6/h1-2H,7-8H2,(H,11,14). The molecule has 8 heteroatoms. The van der Waals surface area contributed by atoms with Gasteiger partial charge in [-0.25, -0.2) is 10.8 Å². The molecule has 8 nitrogen and oxygen atoms in total. The molecule has 0 aromatic carbocycles. The third-order valence-electron chi connectivity index (χ3n) is 1.75. The Labute approximate surface area is 77.9 Å². The number of rotatable bonds is 1. The molecule has 0 aliphatic rings. The van der Waals surface area contributed by atoms with Gasteiger partial charge in [0.05, 0.1) is 5.56 Å². The molecule has 0 saturated carbocycles. The SMILES string of the molecule is NNC(=O)c1cnc2nncn2c1N. The molecule has 72 valence electrons.